The van der Waals surface area contributed by atoms with Gasteiger partial charge in [-0.15, -0.1) is 0 Å². The molecule has 1 amide bonds. The van der Waals surface area contributed by atoms with Gasteiger partial charge in [-0.3, -0.25) is 9.48 Å². The molecular formula is C19H32N4O. The number of carbonyl (C=O) groups is 1. The van der Waals surface area contributed by atoms with Gasteiger partial charge in [-0.1, -0.05) is 20.3 Å². The van der Waals surface area contributed by atoms with E-state index in [1.165, 1.54) is 12.8 Å². The number of rotatable bonds is 2. The molecule has 0 spiro atoms. The third kappa shape index (κ3) is 2.87. The van der Waals surface area contributed by atoms with Gasteiger partial charge in [-0.2, -0.15) is 5.10 Å². The summed E-state index contributed by atoms with van der Waals surface area (Å²) >= 11 is 0. The fourth-order valence-electron chi connectivity index (χ4n) is 4.64. The lowest BCUT2D eigenvalue weighted by atomic mass is 9.80. The molecule has 2 aliphatic heterocycles. The minimum absolute atomic E-state index is 0.0666. The third-order valence-electron chi connectivity index (χ3n) is 6.12. The van der Waals surface area contributed by atoms with Gasteiger partial charge >= 0.3 is 0 Å². The molecule has 0 saturated carbocycles. The van der Waals surface area contributed by atoms with E-state index in [-0.39, 0.29) is 11.4 Å². The monoisotopic (exact) mass is 332 g/mol. The maximum atomic E-state index is 13.4. The second-order valence-corrected chi connectivity index (χ2v) is 8.14. The smallest absolute Gasteiger partial charge is 0.272 e. The first-order chi connectivity index (χ1) is 11.3. The van der Waals surface area contributed by atoms with Crippen LogP contribution in [-0.2, 0) is 7.05 Å². The molecule has 2 fully saturated rings. The largest absolute Gasteiger partial charge is 0.330 e. The van der Waals surface area contributed by atoms with E-state index >= 15 is 0 Å². The van der Waals surface area contributed by atoms with Gasteiger partial charge in [-0.05, 0) is 58.2 Å². The molecule has 2 saturated heterocycles. The number of aryl methyl sites for hydroxylation is 1. The third-order valence-corrected chi connectivity index (χ3v) is 6.12. The molecule has 1 aromatic heterocycles. The van der Waals surface area contributed by atoms with Crippen molar-refractivity contribution in [2.75, 3.05) is 20.1 Å². The van der Waals surface area contributed by atoms with Crippen molar-refractivity contribution in [3.8, 4) is 0 Å². The number of hydrogen-bond acceptors (Lipinski definition) is 3. The molecule has 2 aliphatic rings. The fraction of sp³-hybridized carbons (Fsp3) is 0.789. The summed E-state index contributed by atoms with van der Waals surface area (Å²) in [6, 6.07) is 2.46. The number of likely N-dealkylation sites (N-methyl/N-ethyl adjacent to an activating group) is 1. The number of amides is 1. The molecule has 5 heteroatoms. The first-order valence-corrected chi connectivity index (χ1v) is 9.40. The number of likely N-dealkylation sites (tertiary alicyclic amines) is 2. The minimum atomic E-state index is -0.0666. The van der Waals surface area contributed by atoms with Crippen LogP contribution in [0, 0.1) is 0 Å². The molecule has 2 atom stereocenters. The van der Waals surface area contributed by atoms with Crippen LogP contribution in [0.5, 0.6) is 0 Å². The van der Waals surface area contributed by atoms with Crippen molar-refractivity contribution in [2.45, 2.75) is 70.4 Å². The molecule has 134 valence electrons. The number of nitrogens with zero attached hydrogens (tertiary/aromatic N) is 4. The standard InChI is InChI=1S/C19H32N4O/c1-14(2)15-13-16(22(5)20-15)18(24)23-12-7-6-9-17-19(23,3)10-8-11-21(17)4/h13-14,17H,6-12H2,1-5H3/t17-,19-/m0/s1. The SMILES string of the molecule is CC(C)c1cc(C(=O)N2CCCC[C@@H]3N(C)CCC[C@@]32C)n(C)n1. The molecule has 0 N–H and O–H groups in total. The van der Waals surface area contributed by atoms with E-state index in [9.17, 15) is 4.79 Å². The molecule has 5 nitrogen and oxygen atoms in total. The zero-order chi connectivity index (χ0) is 17.5. The predicted molar refractivity (Wildman–Crippen MR) is 96.2 cm³/mol. The van der Waals surface area contributed by atoms with Crippen LogP contribution in [0.25, 0.3) is 0 Å². The van der Waals surface area contributed by atoms with E-state index in [0.717, 1.165) is 43.7 Å². The minimum Gasteiger partial charge on any atom is -0.330 e. The van der Waals surface area contributed by atoms with Crippen molar-refractivity contribution in [1.29, 1.82) is 0 Å². The molecule has 1 aromatic rings. The molecule has 0 unspecified atom stereocenters. The highest BCUT2D eigenvalue weighted by Gasteiger charge is 2.47. The molecule has 3 heterocycles. The summed E-state index contributed by atoms with van der Waals surface area (Å²) in [5.41, 5.74) is 1.66. The Labute approximate surface area is 146 Å². The number of hydrogen-bond donors (Lipinski definition) is 0. The first kappa shape index (κ1) is 17.5. The van der Waals surface area contributed by atoms with Crippen molar-refractivity contribution < 1.29 is 4.79 Å². The number of fused-ring (bicyclic) bond motifs is 1. The van der Waals surface area contributed by atoms with Crippen LogP contribution < -0.4 is 0 Å². The van der Waals surface area contributed by atoms with Gasteiger partial charge in [0.2, 0.25) is 0 Å². The van der Waals surface area contributed by atoms with Crippen molar-refractivity contribution in [3.63, 3.8) is 0 Å². The Hall–Kier alpha value is -1.36. The van der Waals surface area contributed by atoms with Crippen LogP contribution >= 0.6 is 0 Å². The van der Waals surface area contributed by atoms with Crippen molar-refractivity contribution in [1.82, 2.24) is 19.6 Å². The lowest BCUT2D eigenvalue weighted by Gasteiger charge is -2.51. The summed E-state index contributed by atoms with van der Waals surface area (Å²) in [6.45, 7) is 8.55. The highest BCUT2D eigenvalue weighted by atomic mass is 16.2. The normalized spacial score (nSPS) is 28.8. The maximum Gasteiger partial charge on any atom is 0.272 e. The van der Waals surface area contributed by atoms with Gasteiger partial charge in [0.1, 0.15) is 5.69 Å². The zero-order valence-electron chi connectivity index (χ0n) is 15.9. The Morgan fingerprint density at radius 3 is 2.67 bits per heavy atom. The van der Waals surface area contributed by atoms with E-state index in [0.29, 0.717) is 12.0 Å². The van der Waals surface area contributed by atoms with Gasteiger partial charge < -0.3 is 9.80 Å². The van der Waals surface area contributed by atoms with Crippen molar-refractivity contribution in [3.05, 3.63) is 17.5 Å². The van der Waals surface area contributed by atoms with Crippen LogP contribution in [0.4, 0.5) is 0 Å². The van der Waals surface area contributed by atoms with Crippen molar-refractivity contribution in [2.24, 2.45) is 7.05 Å². The summed E-state index contributed by atoms with van der Waals surface area (Å²) < 4.78 is 1.77. The molecular weight excluding hydrogens is 300 g/mol. The number of piperidine rings is 1. The van der Waals surface area contributed by atoms with Crippen LogP contribution in [0.15, 0.2) is 6.07 Å². The fourth-order valence-corrected chi connectivity index (χ4v) is 4.64. The molecule has 0 radical (unpaired) electrons. The summed E-state index contributed by atoms with van der Waals surface area (Å²) in [6.07, 6.45) is 5.76. The van der Waals surface area contributed by atoms with Gasteiger partial charge in [0.05, 0.1) is 11.2 Å². The maximum absolute atomic E-state index is 13.4. The van der Waals surface area contributed by atoms with E-state index in [1.807, 2.05) is 13.1 Å². The summed E-state index contributed by atoms with van der Waals surface area (Å²) in [5, 5.41) is 4.55. The Morgan fingerprint density at radius 1 is 1.25 bits per heavy atom. The average Bonchev–Trinajstić information content (AvgIpc) is 2.81. The molecule has 24 heavy (non-hydrogen) atoms. The van der Waals surface area contributed by atoms with Gasteiger partial charge in [0.15, 0.2) is 0 Å². The van der Waals surface area contributed by atoms with E-state index in [2.05, 4.69) is 42.7 Å². The predicted octanol–water partition coefficient (Wildman–Crippen LogP) is 3.02. The lowest BCUT2D eigenvalue weighted by Crippen LogP contribution is -2.63. The van der Waals surface area contributed by atoms with Gasteiger partial charge in [0, 0.05) is 19.6 Å². The Morgan fingerprint density at radius 2 is 2.00 bits per heavy atom. The Bertz CT molecular complexity index is 609. The van der Waals surface area contributed by atoms with Crippen LogP contribution in [-0.4, -0.2) is 57.2 Å². The highest BCUT2D eigenvalue weighted by molar-refractivity contribution is 5.93. The Kier molecular flexibility index (Phi) is 4.73. The van der Waals surface area contributed by atoms with Gasteiger partial charge in [-0.25, -0.2) is 0 Å². The van der Waals surface area contributed by atoms with Crippen molar-refractivity contribution >= 4 is 5.91 Å². The summed E-state index contributed by atoms with van der Waals surface area (Å²) in [4.78, 5) is 18.1. The lowest BCUT2D eigenvalue weighted by molar-refractivity contribution is -0.00441. The van der Waals surface area contributed by atoms with Crippen LogP contribution in [0.3, 0.4) is 0 Å². The van der Waals surface area contributed by atoms with Crippen LogP contribution in [0.1, 0.15) is 75.0 Å². The second kappa shape index (κ2) is 6.51. The van der Waals surface area contributed by atoms with Gasteiger partial charge in [0.25, 0.3) is 5.91 Å². The highest BCUT2D eigenvalue weighted by Crippen LogP contribution is 2.38. The molecule has 0 aromatic carbocycles. The average molecular weight is 332 g/mol. The Balaban J connectivity index is 1.95. The second-order valence-electron chi connectivity index (χ2n) is 8.14. The van der Waals surface area contributed by atoms with Crippen LogP contribution in [0.2, 0.25) is 0 Å². The first-order valence-electron chi connectivity index (χ1n) is 9.40. The summed E-state index contributed by atoms with van der Waals surface area (Å²) in [7, 11) is 4.11. The number of aromatic nitrogens is 2. The zero-order valence-corrected chi connectivity index (χ0v) is 15.9. The van der Waals surface area contributed by atoms with E-state index in [1.54, 1.807) is 4.68 Å². The van der Waals surface area contributed by atoms with E-state index < -0.39 is 0 Å². The summed E-state index contributed by atoms with van der Waals surface area (Å²) in [5.74, 6) is 0.493. The quantitative estimate of drug-likeness (QED) is 0.836. The topological polar surface area (TPSA) is 41.4 Å². The molecule has 0 aliphatic carbocycles. The van der Waals surface area contributed by atoms with E-state index in [4.69, 9.17) is 0 Å². The molecule has 0 bridgehead atoms. The molecule has 3 rings (SSSR count). The number of carbonyl (C=O) groups excluding carboxylic acids is 1.